The van der Waals surface area contributed by atoms with Crippen LogP contribution in [0.5, 0.6) is 0 Å². The molecular weight excluding hydrogens is 346 g/mol. The second-order valence-corrected chi connectivity index (χ2v) is 8.79. The lowest BCUT2D eigenvalue weighted by molar-refractivity contribution is -0.157. The maximum Gasteiger partial charge on any atom is 0.309 e. The van der Waals surface area contributed by atoms with Crippen molar-refractivity contribution in [2.75, 3.05) is 0 Å². The van der Waals surface area contributed by atoms with Crippen LogP contribution in [0.1, 0.15) is 96.8 Å². The number of rotatable bonds is 10. The number of nitrogens with zero attached hydrogens (tertiary/aromatic N) is 1. The molecule has 3 nitrogen and oxygen atoms in total. The number of allylic oxidation sites excluding steroid dienone is 4. The van der Waals surface area contributed by atoms with Crippen LogP contribution in [-0.4, -0.2) is 12.1 Å². The molecule has 0 aliphatic heterocycles. The van der Waals surface area contributed by atoms with Crippen LogP contribution in [0.3, 0.4) is 0 Å². The Hall–Kier alpha value is -1.56. The van der Waals surface area contributed by atoms with E-state index in [9.17, 15) is 4.79 Å². The van der Waals surface area contributed by atoms with Crippen molar-refractivity contribution >= 4 is 5.97 Å². The topological polar surface area (TPSA) is 50.1 Å². The Morgan fingerprint density at radius 2 is 1.64 bits per heavy atom. The molecule has 0 aromatic rings. The van der Waals surface area contributed by atoms with Crippen molar-refractivity contribution in [3.05, 3.63) is 24.3 Å². The normalized spacial score (nSPS) is 28.4. The van der Waals surface area contributed by atoms with E-state index in [0.717, 1.165) is 56.8 Å². The number of unbranched alkanes of at least 4 members (excludes halogenated alkanes) is 2. The Morgan fingerprint density at radius 1 is 0.964 bits per heavy atom. The third-order valence-corrected chi connectivity index (χ3v) is 6.63. The SMILES string of the molecule is CCCCCC1CCC(OC(=O)C2CCC(CCC=CC=CC#N)CC2)CC1. The van der Waals surface area contributed by atoms with Crippen molar-refractivity contribution in [3.63, 3.8) is 0 Å². The van der Waals surface area contributed by atoms with Crippen LogP contribution in [0.15, 0.2) is 24.3 Å². The maximum absolute atomic E-state index is 12.6. The Labute approximate surface area is 172 Å². The minimum absolute atomic E-state index is 0.0782. The molecular formula is C25H39NO2. The van der Waals surface area contributed by atoms with E-state index in [4.69, 9.17) is 10.00 Å². The van der Waals surface area contributed by atoms with Gasteiger partial charge in [0.15, 0.2) is 0 Å². The van der Waals surface area contributed by atoms with Gasteiger partial charge in [-0.2, -0.15) is 5.26 Å². The molecule has 2 aliphatic rings. The third kappa shape index (κ3) is 8.63. The van der Waals surface area contributed by atoms with Crippen LogP contribution in [0.25, 0.3) is 0 Å². The summed E-state index contributed by atoms with van der Waals surface area (Å²) in [6.07, 6.45) is 24.1. The largest absolute Gasteiger partial charge is 0.462 e. The van der Waals surface area contributed by atoms with Gasteiger partial charge in [0.2, 0.25) is 0 Å². The summed E-state index contributed by atoms with van der Waals surface area (Å²) >= 11 is 0. The highest BCUT2D eigenvalue weighted by molar-refractivity contribution is 5.72. The van der Waals surface area contributed by atoms with Crippen molar-refractivity contribution in [2.45, 2.75) is 103 Å². The second-order valence-electron chi connectivity index (χ2n) is 8.79. The summed E-state index contributed by atoms with van der Waals surface area (Å²) in [5, 5.41) is 8.44. The minimum Gasteiger partial charge on any atom is -0.462 e. The van der Waals surface area contributed by atoms with Crippen LogP contribution < -0.4 is 0 Å². The lowest BCUT2D eigenvalue weighted by atomic mass is 9.80. The second kappa shape index (κ2) is 13.6. The van der Waals surface area contributed by atoms with E-state index in [0.29, 0.717) is 0 Å². The Balaban J connectivity index is 1.58. The molecule has 0 aromatic heterocycles. The molecule has 0 bridgehead atoms. The van der Waals surface area contributed by atoms with Crippen molar-refractivity contribution < 1.29 is 9.53 Å². The molecule has 156 valence electrons. The van der Waals surface area contributed by atoms with Crippen LogP contribution in [0.2, 0.25) is 0 Å². The first-order valence-electron chi connectivity index (χ1n) is 11.6. The zero-order chi connectivity index (χ0) is 20.0. The van der Waals surface area contributed by atoms with Crippen molar-refractivity contribution in [3.8, 4) is 6.07 Å². The van der Waals surface area contributed by atoms with E-state index < -0.39 is 0 Å². The summed E-state index contributed by atoms with van der Waals surface area (Å²) in [5.74, 6) is 1.80. The lowest BCUT2D eigenvalue weighted by Crippen LogP contribution is -2.30. The molecule has 0 heterocycles. The average Bonchev–Trinajstić information content (AvgIpc) is 2.72. The summed E-state index contributed by atoms with van der Waals surface area (Å²) in [5.41, 5.74) is 0. The van der Waals surface area contributed by atoms with E-state index in [1.54, 1.807) is 6.08 Å². The number of esters is 1. The average molecular weight is 386 g/mol. The predicted molar refractivity (Wildman–Crippen MR) is 115 cm³/mol. The van der Waals surface area contributed by atoms with Crippen molar-refractivity contribution in [1.82, 2.24) is 0 Å². The molecule has 2 aliphatic carbocycles. The fourth-order valence-electron chi connectivity index (χ4n) is 4.77. The monoisotopic (exact) mass is 385 g/mol. The molecule has 0 N–H and O–H groups in total. The Morgan fingerprint density at radius 3 is 2.32 bits per heavy atom. The summed E-state index contributed by atoms with van der Waals surface area (Å²) in [6.45, 7) is 2.26. The van der Waals surface area contributed by atoms with Crippen LogP contribution in [-0.2, 0) is 9.53 Å². The van der Waals surface area contributed by atoms with Gasteiger partial charge in [-0.3, -0.25) is 4.79 Å². The van der Waals surface area contributed by atoms with Gasteiger partial charge >= 0.3 is 5.97 Å². The predicted octanol–water partition coefficient (Wildman–Crippen LogP) is 6.89. The van der Waals surface area contributed by atoms with E-state index in [1.165, 1.54) is 51.0 Å². The van der Waals surface area contributed by atoms with Gasteiger partial charge in [-0.25, -0.2) is 0 Å². The van der Waals surface area contributed by atoms with Gasteiger partial charge in [-0.05, 0) is 76.0 Å². The molecule has 0 unspecified atom stereocenters. The smallest absolute Gasteiger partial charge is 0.309 e. The Kier molecular flexibility index (Phi) is 11.0. The number of carbonyl (C=O) groups is 1. The van der Waals surface area contributed by atoms with Gasteiger partial charge in [-0.1, -0.05) is 50.8 Å². The molecule has 2 saturated carbocycles. The van der Waals surface area contributed by atoms with Crippen LogP contribution >= 0.6 is 0 Å². The molecule has 0 aromatic carbocycles. The Bertz CT molecular complexity index is 529. The quantitative estimate of drug-likeness (QED) is 0.178. The molecule has 28 heavy (non-hydrogen) atoms. The van der Waals surface area contributed by atoms with Crippen LogP contribution in [0, 0.1) is 29.1 Å². The summed E-state index contributed by atoms with van der Waals surface area (Å²) in [6, 6.07) is 1.99. The summed E-state index contributed by atoms with van der Waals surface area (Å²) in [4.78, 5) is 12.6. The van der Waals surface area contributed by atoms with Gasteiger partial charge in [-0.15, -0.1) is 0 Å². The van der Waals surface area contributed by atoms with Gasteiger partial charge in [0.05, 0.1) is 12.0 Å². The fraction of sp³-hybridized carbons (Fsp3) is 0.760. The molecule has 2 fully saturated rings. The highest BCUT2D eigenvalue weighted by Gasteiger charge is 2.30. The highest BCUT2D eigenvalue weighted by Crippen LogP contribution is 2.34. The van der Waals surface area contributed by atoms with E-state index >= 15 is 0 Å². The zero-order valence-corrected chi connectivity index (χ0v) is 17.8. The summed E-state index contributed by atoms with van der Waals surface area (Å²) in [7, 11) is 0. The molecule has 0 amide bonds. The van der Waals surface area contributed by atoms with Gasteiger partial charge < -0.3 is 4.74 Å². The zero-order valence-electron chi connectivity index (χ0n) is 17.8. The molecule has 0 spiro atoms. The number of hydrogen-bond donors (Lipinski definition) is 0. The fourth-order valence-corrected chi connectivity index (χ4v) is 4.77. The molecule has 2 rings (SSSR count). The number of hydrogen-bond acceptors (Lipinski definition) is 3. The van der Waals surface area contributed by atoms with E-state index in [2.05, 4.69) is 13.0 Å². The lowest BCUT2D eigenvalue weighted by Gasteiger charge is -2.31. The van der Waals surface area contributed by atoms with Crippen molar-refractivity contribution in [1.29, 1.82) is 5.26 Å². The van der Waals surface area contributed by atoms with Gasteiger partial charge in [0.1, 0.15) is 6.10 Å². The molecule has 0 atom stereocenters. The number of carbonyl (C=O) groups excluding carboxylic acids is 1. The molecule has 0 saturated heterocycles. The molecule has 3 heteroatoms. The van der Waals surface area contributed by atoms with Gasteiger partial charge in [0, 0.05) is 6.08 Å². The van der Waals surface area contributed by atoms with E-state index in [-0.39, 0.29) is 18.0 Å². The minimum atomic E-state index is 0.0782. The molecule has 0 radical (unpaired) electrons. The number of nitriles is 1. The highest BCUT2D eigenvalue weighted by atomic mass is 16.5. The van der Waals surface area contributed by atoms with E-state index in [1.807, 2.05) is 12.1 Å². The van der Waals surface area contributed by atoms with Crippen molar-refractivity contribution in [2.24, 2.45) is 17.8 Å². The summed E-state index contributed by atoms with van der Waals surface area (Å²) < 4.78 is 5.89. The standard InChI is InChI=1S/C25H39NO2/c1-2-3-7-10-22-14-18-24(19-15-22)28-25(27)23-16-12-21(13-17-23)11-8-5-4-6-9-20-26/h4-6,9,21-24H,2-3,7-8,10-19H2,1H3. The van der Waals surface area contributed by atoms with Crippen LogP contribution in [0.4, 0.5) is 0 Å². The first-order chi connectivity index (χ1) is 13.7. The third-order valence-electron chi connectivity index (χ3n) is 6.63. The number of ether oxygens (including phenoxy) is 1. The first kappa shape index (κ1) is 22.7. The first-order valence-corrected chi connectivity index (χ1v) is 11.6. The maximum atomic E-state index is 12.6. The van der Waals surface area contributed by atoms with Gasteiger partial charge in [0.25, 0.3) is 0 Å².